The molecular formula is C22H29N3O3S. The fraction of sp³-hybridized carbons (Fsp3) is 0.500. The standard InChI is InChI=1S/C22H29N3O3S/c1-5-25-14(4)18(21(27)28-12-13(2)3)19(24-22(25)29)16-7-6-8-17(11-16)23-20(26)15-9-10-15/h6-8,11,13,15,19H,5,9-10,12H2,1-4H3,(H,23,26)(H,24,29)/t19-/m1/s1. The molecule has 1 aliphatic heterocycles. The van der Waals surface area contributed by atoms with E-state index in [1.807, 2.05) is 56.9 Å². The normalized spacial score (nSPS) is 19.3. The van der Waals surface area contributed by atoms with E-state index in [0.717, 1.165) is 29.8 Å². The van der Waals surface area contributed by atoms with E-state index in [0.29, 0.717) is 23.8 Å². The molecule has 7 heteroatoms. The largest absolute Gasteiger partial charge is 0.462 e. The predicted molar refractivity (Wildman–Crippen MR) is 117 cm³/mol. The lowest BCUT2D eigenvalue weighted by molar-refractivity contribution is -0.140. The molecule has 29 heavy (non-hydrogen) atoms. The molecule has 0 saturated heterocycles. The van der Waals surface area contributed by atoms with Gasteiger partial charge in [0.2, 0.25) is 5.91 Å². The summed E-state index contributed by atoms with van der Waals surface area (Å²) < 4.78 is 5.55. The van der Waals surface area contributed by atoms with Gasteiger partial charge < -0.3 is 20.3 Å². The third-order valence-corrected chi connectivity index (χ3v) is 5.45. The highest BCUT2D eigenvalue weighted by Crippen LogP contribution is 2.34. The highest BCUT2D eigenvalue weighted by Gasteiger charge is 2.35. The number of hydrogen-bond acceptors (Lipinski definition) is 4. The molecule has 0 aromatic heterocycles. The van der Waals surface area contributed by atoms with Crippen molar-refractivity contribution in [3.8, 4) is 0 Å². The Labute approximate surface area is 177 Å². The van der Waals surface area contributed by atoms with Crippen LogP contribution >= 0.6 is 12.2 Å². The first-order valence-corrected chi connectivity index (χ1v) is 10.6. The Bertz CT molecular complexity index is 845. The van der Waals surface area contributed by atoms with Crippen molar-refractivity contribution in [1.82, 2.24) is 10.2 Å². The summed E-state index contributed by atoms with van der Waals surface area (Å²) in [7, 11) is 0. The molecule has 0 spiro atoms. The van der Waals surface area contributed by atoms with Gasteiger partial charge in [0.05, 0.1) is 18.2 Å². The average Bonchev–Trinajstić information content (AvgIpc) is 3.51. The smallest absolute Gasteiger partial charge is 0.338 e. The highest BCUT2D eigenvalue weighted by molar-refractivity contribution is 7.80. The SMILES string of the molecule is CCN1C(=S)N[C@H](c2cccc(NC(=O)C3CC3)c2)C(C(=O)OCC(C)C)=C1C. The molecule has 0 radical (unpaired) electrons. The summed E-state index contributed by atoms with van der Waals surface area (Å²) >= 11 is 5.53. The number of carbonyl (C=O) groups is 2. The van der Waals surface area contributed by atoms with Crippen LogP contribution in [0.5, 0.6) is 0 Å². The molecule has 1 saturated carbocycles. The molecule has 1 amide bonds. The molecule has 0 unspecified atom stereocenters. The molecule has 1 aromatic rings. The molecule has 156 valence electrons. The second-order valence-electron chi connectivity index (χ2n) is 8.01. The molecule has 3 rings (SSSR count). The van der Waals surface area contributed by atoms with Crippen molar-refractivity contribution < 1.29 is 14.3 Å². The van der Waals surface area contributed by atoms with Crippen LogP contribution in [0.3, 0.4) is 0 Å². The minimum absolute atomic E-state index is 0.0507. The van der Waals surface area contributed by atoms with Crippen LogP contribution in [-0.2, 0) is 14.3 Å². The number of hydrogen-bond donors (Lipinski definition) is 2. The summed E-state index contributed by atoms with van der Waals surface area (Å²) in [5.74, 6) is 0.0804. The minimum Gasteiger partial charge on any atom is -0.462 e. The number of nitrogens with zero attached hydrogens (tertiary/aromatic N) is 1. The van der Waals surface area contributed by atoms with Crippen molar-refractivity contribution in [1.29, 1.82) is 0 Å². The van der Waals surface area contributed by atoms with Gasteiger partial charge in [-0.1, -0.05) is 26.0 Å². The van der Waals surface area contributed by atoms with Crippen molar-refractivity contribution >= 4 is 34.9 Å². The lowest BCUT2D eigenvalue weighted by atomic mass is 9.94. The van der Waals surface area contributed by atoms with Crippen molar-refractivity contribution in [3.63, 3.8) is 0 Å². The number of amides is 1. The predicted octanol–water partition coefficient (Wildman–Crippen LogP) is 3.76. The van der Waals surface area contributed by atoms with Gasteiger partial charge in [-0.15, -0.1) is 0 Å². The van der Waals surface area contributed by atoms with E-state index in [1.54, 1.807) is 0 Å². The molecule has 6 nitrogen and oxygen atoms in total. The number of benzene rings is 1. The first-order chi connectivity index (χ1) is 13.8. The summed E-state index contributed by atoms with van der Waals surface area (Å²) in [6, 6.07) is 7.13. The number of ether oxygens (including phenoxy) is 1. The van der Waals surface area contributed by atoms with Crippen LogP contribution in [0, 0.1) is 11.8 Å². The van der Waals surface area contributed by atoms with Gasteiger partial charge in [-0.2, -0.15) is 0 Å². The highest BCUT2D eigenvalue weighted by atomic mass is 32.1. The maximum absolute atomic E-state index is 13.0. The molecule has 1 heterocycles. The Morgan fingerprint density at radius 3 is 2.69 bits per heavy atom. The van der Waals surface area contributed by atoms with Crippen molar-refractivity contribution in [2.24, 2.45) is 11.8 Å². The zero-order chi connectivity index (χ0) is 21.1. The second kappa shape index (κ2) is 8.95. The van der Waals surface area contributed by atoms with Gasteiger partial charge in [-0.3, -0.25) is 4.79 Å². The van der Waals surface area contributed by atoms with Gasteiger partial charge >= 0.3 is 5.97 Å². The number of esters is 1. The van der Waals surface area contributed by atoms with Crippen LogP contribution in [-0.4, -0.2) is 35.0 Å². The molecule has 1 aromatic carbocycles. The van der Waals surface area contributed by atoms with Gasteiger partial charge in [0, 0.05) is 23.8 Å². The van der Waals surface area contributed by atoms with E-state index in [9.17, 15) is 9.59 Å². The quantitative estimate of drug-likeness (QED) is 0.522. The van der Waals surface area contributed by atoms with Crippen LogP contribution in [0.25, 0.3) is 0 Å². The zero-order valence-electron chi connectivity index (χ0n) is 17.5. The fourth-order valence-electron chi connectivity index (χ4n) is 3.38. The third kappa shape index (κ3) is 4.96. The van der Waals surface area contributed by atoms with Crippen LogP contribution in [0.1, 0.15) is 52.1 Å². The van der Waals surface area contributed by atoms with Gasteiger partial charge in [0.25, 0.3) is 0 Å². The first kappa shape index (κ1) is 21.3. The Balaban J connectivity index is 1.92. The zero-order valence-corrected chi connectivity index (χ0v) is 18.3. The van der Waals surface area contributed by atoms with E-state index >= 15 is 0 Å². The lowest BCUT2D eigenvalue weighted by Crippen LogP contribution is -2.47. The summed E-state index contributed by atoms with van der Waals surface area (Å²) in [6.07, 6.45) is 1.90. The number of thiocarbonyl (C=S) groups is 1. The maximum atomic E-state index is 13.0. The summed E-state index contributed by atoms with van der Waals surface area (Å²) in [5.41, 5.74) is 2.92. The molecule has 2 aliphatic rings. The molecule has 0 bridgehead atoms. The Hall–Kier alpha value is -2.41. The van der Waals surface area contributed by atoms with E-state index in [-0.39, 0.29) is 23.7 Å². The van der Waals surface area contributed by atoms with E-state index in [2.05, 4.69) is 10.6 Å². The maximum Gasteiger partial charge on any atom is 0.338 e. The van der Waals surface area contributed by atoms with Crippen molar-refractivity contribution in [2.45, 2.75) is 46.6 Å². The molecule has 1 atom stereocenters. The average molecular weight is 416 g/mol. The Morgan fingerprint density at radius 1 is 1.34 bits per heavy atom. The topological polar surface area (TPSA) is 70.7 Å². The monoisotopic (exact) mass is 415 g/mol. The van der Waals surface area contributed by atoms with Gasteiger partial charge in [0.1, 0.15) is 0 Å². The molecule has 2 N–H and O–H groups in total. The van der Waals surface area contributed by atoms with Crippen molar-refractivity contribution in [3.05, 3.63) is 41.1 Å². The molecular weight excluding hydrogens is 386 g/mol. The number of allylic oxidation sites excluding steroid dienone is 1. The van der Waals surface area contributed by atoms with E-state index in [4.69, 9.17) is 17.0 Å². The van der Waals surface area contributed by atoms with Crippen LogP contribution in [0.2, 0.25) is 0 Å². The van der Waals surface area contributed by atoms with Crippen molar-refractivity contribution in [2.75, 3.05) is 18.5 Å². The fourth-order valence-corrected chi connectivity index (χ4v) is 3.77. The third-order valence-electron chi connectivity index (χ3n) is 5.12. The summed E-state index contributed by atoms with van der Waals surface area (Å²) in [5, 5.41) is 6.82. The van der Waals surface area contributed by atoms with Crippen LogP contribution < -0.4 is 10.6 Å². The van der Waals surface area contributed by atoms with E-state index in [1.165, 1.54) is 0 Å². The number of nitrogens with one attached hydrogen (secondary N) is 2. The lowest BCUT2D eigenvalue weighted by Gasteiger charge is -2.37. The Kier molecular flexibility index (Phi) is 6.57. The minimum atomic E-state index is -0.428. The molecule has 1 aliphatic carbocycles. The number of carbonyl (C=O) groups excluding carboxylic acids is 2. The van der Waals surface area contributed by atoms with Gasteiger partial charge in [0.15, 0.2) is 5.11 Å². The van der Waals surface area contributed by atoms with Gasteiger partial charge in [-0.25, -0.2) is 4.79 Å². The summed E-state index contributed by atoms with van der Waals surface area (Å²) in [6.45, 7) is 8.91. The van der Waals surface area contributed by atoms with Gasteiger partial charge in [-0.05, 0) is 62.5 Å². The number of anilines is 1. The van der Waals surface area contributed by atoms with Crippen LogP contribution in [0.4, 0.5) is 5.69 Å². The van der Waals surface area contributed by atoms with E-state index < -0.39 is 6.04 Å². The number of rotatable bonds is 7. The molecule has 1 fully saturated rings. The Morgan fingerprint density at radius 2 is 2.07 bits per heavy atom. The van der Waals surface area contributed by atoms with Crippen LogP contribution in [0.15, 0.2) is 35.5 Å². The second-order valence-corrected chi connectivity index (χ2v) is 8.39. The first-order valence-electron chi connectivity index (χ1n) is 10.2. The summed E-state index contributed by atoms with van der Waals surface area (Å²) in [4.78, 5) is 27.0.